The van der Waals surface area contributed by atoms with E-state index in [0.29, 0.717) is 17.6 Å². The lowest BCUT2D eigenvalue weighted by molar-refractivity contribution is -0.142. The molecule has 1 atom stereocenters. The monoisotopic (exact) mass is 353 g/mol. The van der Waals surface area contributed by atoms with Gasteiger partial charge >= 0.3 is 5.97 Å². The summed E-state index contributed by atoms with van der Waals surface area (Å²) in [5.74, 6) is 0.388. The number of ether oxygens (including phenoxy) is 1. The Hall–Kier alpha value is -2.60. The second-order valence-electron chi connectivity index (χ2n) is 5.49. The SMILES string of the molecule is CCOC(=O)[C@H](Sc1n[nH]c(-c2ccc(C)cc2)n1)c1ccccc1. The van der Waals surface area contributed by atoms with Crippen molar-refractivity contribution in [2.75, 3.05) is 6.61 Å². The smallest absolute Gasteiger partial charge is 0.324 e. The number of aromatic amines is 1. The largest absolute Gasteiger partial charge is 0.465 e. The van der Waals surface area contributed by atoms with Gasteiger partial charge in [0.05, 0.1) is 6.61 Å². The summed E-state index contributed by atoms with van der Waals surface area (Å²) >= 11 is 1.28. The van der Waals surface area contributed by atoms with E-state index < -0.39 is 5.25 Å². The molecule has 1 aromatic heterocycles. The van der Waals surface area contributed by atoms with E-state index in [1.54, 1.807) is 6.92 Å². The van der Waals surface area contributed by atoms with Gasteiger partial charge in [-0.2, -0.15) is 0 Å². The van der Waals surface area contributed by atoms with E-state index in [2.05, 4.69) is 15.2 Å². The lowest BCUT2D eigenvalue weighted by Crippen LogP contribution is -2.13. The molecule has 0 radical (unpaired) electrons. The topological polar surface area (TPSA) is 67.9 Å². The Bertz CT molecular complexity index is 831. The van der Waals surface area contributed by atoms with Crippen molar-refractivity contribution in [2.24, 2.45) is 0 Å². The number of benzene rings is 2. The number of H-pyrrole nitrogens is 1. The Morgan fingerprint density at radius 2 is 1.88 bits per heavy atom. The van der Waals surface area contributed by atoms with Gasteiger partial charge < -0.3 is 4.74 Å². The molecule has 0 amide bonds. The fraction of sp³-hybridized carbons (Fsp3) is 0.211. The summed E-state index contributed by atoms with van der Waals surface area (Å²) < 4.78 is 5.21. The highest BCUT2D eigenvalue weighted by atomic mass is 32.2. The first kappa shape index (κ1) is 17.2. The molecule has 5 nitrogen and oxygen atoms in total. The van der Waals surface area contributed by atoms with Crippen molar-refractivity contribution in [3.63, 3.8) is 0 Å². The van der Waals surface area contributed by atoms with Gasteiger partial charge in [-0.15, -0.1) is 5.10 Å². The van der Waals surface area contributed by atoms with Crippen LogP contribution in [0.5, 0.6) is 0 Å². The van der Waals surface area contributed by atoms with E-state index in [1.807, 2.05) is 61.5 Å². The first-order chi connectivity index (χ1) is 12.2. The number of nitrogens with one attached hydrogen (secondary N) is 1. The Labute approximate surface area is 150 Å². The third-order valence-corrected chi connectivity index (χ3v) is 4.71. The van der Waals surface area contributed by atoms with Crippen LogP contribution in [0.15, 0.2) is 59.8 Å². The molecule has 0 saturated carbocycles. The number of carbonyl (C=O) groups excluding carboxylic acids is 1. The molecule has 0 fully saturated rings. The highest BCUT2D eigenvalue weighted by Gasteiger charge is 2.25. The van der Waals surface area contributed by atoms with E-state index in [9.17, 15) is 4.79 Å². The first-order valence-electron chi connectivity index (χ1n) is 8.05. The summed E-state index contributed by atoms with van der Waals surface area (Å²) in [5.41, 5.74) is 3.01. The summed E-state index contributed by atoms with van der Waals surface area (Å²) in [7, 11) is 0. The van der Waals surface area contributed by atoms with Crippen molar-refractivity contribution in [2.45, 2.75) is 24.3 Å². The van der Waals surface area contributed by atoms with E-state index in [-0.39, 0.29) is 5.97 Å². The fourth-order valence-corrected chi connectivity index (χ4v) is 3.25. The van der Waals surface area contributed by atoms with Gasteiger partial charge in [0.1, 0.15) is 5.25 Å². The van der Waals surface area contributed by atoms with Crippen LogP contribution in [0.2, 0.25) is 0 Å². The number of hydrogen-bond donors (Lipinski definition) is 1. The van der Waals surface area contributed by atoms with Crippen LogP contribution in [-0.2, 0) is 9.53 Å². The van der Waals surface area contributed by atoms with Gasteiger partial charge in [0, 0.05) is 5.56 Å². The highest BCUT2D eigenvalue weighted by Crippen LogP contribution is 2.35. The van der Waals surface area contributed by atoms with Gasteiger partial charge in [0.15, 0.2) is 5.82 Å². The normalized spacial score (nSPS) is 11.9. The minimum Gasteiger partial charge on any atom is -0.465 e. The molecule has 3 rings (SSSR count). The minimum atomic E-state index is -0.497. The summed E-state index contributed by atoms with van der Waals surface area (Å²) in [6.07, 6.45) is 0. The second kappa shape index (κ2) is 7.98. The Morgan fingerprint density at radius 3 is 2.56 bits per heavy atom. The number of thioether (sulfide) groups is 1. The molecule has 0 bridgehead atoms. The number of nitrogens with zero attached hydrogens (tertiary/aromatic N) is 2. The summed E-state index contributed by atoms with van der Waals surface area (Å²) in [5, 5.41) is 7.19. The molecule has 0 spiro atoms. The van der Waals surface area contributed by atoms with Crippen molar-refractivity contribution in [3.8, 4) is 11.4 Å². The van der Waals surface area contributed by atoms with Crippen molar-refractivity contribution in [1.82, 2.24) is 15.2 Å². The maximum absolute atomic E-state index is 12.4. The molecule has 2 aromatic carbocycles. The molecule has 0 unspecified atom stereocenters. The molecule has 6 heteroatoms. The third kappa shape index (κ3) is 4.28. The van der Waals surface area contributed by atoms with Gasteiger partial charge in [0.25, 0.3) is 0 Å². The van der Waals surface area contributed by atoms with Crippen LogP contribution < -0.4 is 0 Å². The average molecular weight is 353 g/mol. The van der Waals surface area contributed by atoms with Crippen molar-refractivity contribution < 1.29 is 9.53 Å². The third-order valence-electron chi connectivity index (χ3n) is 3.62. The van der Waals surface area contributed by atoms with Gasteiger partial charge in [-0.05, 0) is 19.4 Å². The molecule has 1 N–H and O–H groups in total. The molecule has 1 heterocycles. The number of hydrogen-bond acceptors (Lipinski definition) is 5. The summed E-state index contributed by atoms with van der Waals surface area (Å²) in [4.78, 5) is 16.9. The minimum absolute atomic E-state index is 0.291. The summed E-state index contributed by atoms with van der Waals surface area (Å²) in [6.45, 7) is 4.17. The molecule has 128 valence electrons. The Morgan fingerprint density at radius 1 is 1.16 bits per heavy atom. The van der Waals surface area contributed by atoms with Crippen LogP contribution in [0.3, 0.4) is 0 Å². The number of esters is 1. The number of rotatable bonds is 6. The summed E-state index contributed by atoms with van der Waals surface area (Å²) in [6, 6.07) is 17.6. The molecular weight excluding hydrogens is 334 g/mol. The maximum atomic E-state index is 12.4. The van der Waals surface area contributed by atoms with Gasteiger partial charge in [-0.1, -0.05) is 71.9 Å². The molecule has 0 aliphatic carbocycles. The number of carbonyl (C=O) groups is 1. The Kier molecular flexibility index (Phi) is 5.50. The molecule has 25 heavy (non-hydrogen) atoms. The molecular formula is C19H19N3O2S. The van der Waals surface area contributed by atoms with Crippen LogP contribution in [0.4, 0.5) is 0 Å². The Balaban J connectivity index is 1.82. The van der Waals surface area contributed by atoms with Crippen LogP contribution in [-0.4, -0.2) is 27.8 Å². The zero-order chi connectivity index (χ0) is 17.6. The lowest BCUT2D eigenvalue weighted by Gasteiger charge is -2.13. The second-order valence-corrected chi connectivity index (χ2v) is 6.57. The molecule has 0 aliphatic rings. The predicted molar refractivity (Wildman–Crippen MR) is 98.2 cm³/mol. The van der Waals surface area contributed by atoms with E-state index in [4.69, 9.17) is 4.74 Å². The van der Waals surface area contributed by atoms with Gasteiger partial charge in [-0.3, -0.25) is 9.89 Å². The van der Waals surface area contributed by atoms with Gasteiger partial charge in [-0.25, -0.2) is 4.98 Å². The maximum Gasteiger partial charge on any atom is 0.324 e. The highest BCUT2D eigenvalue weighted by molar-refractivity contribution is 8.00. The average Bonchev–Trinajstić information content (AvgIpc) is 3.10. The predicted octanol–water partition coefficient (Wildman–Crippen LogP) is 4.18. The standard InChI is InChI=1S/C19H19N3O2S/c1-3-24-18(23)16(14-7-5-4-6-8-14)25-19-20-17(21-22-19)15-11-9-13(2)10-12-15/h4-12,16H,3H2,1-2H3,(H,20,21,22)/t16-/m1/s1. The number of aromatic nitrogens is 3. The quantitative estimate of drug-likeness (QED) is 0.532. The molecule has 0 aliphatic heterocycles. The molecule has 0 saturated heterocycles. The van der Waals surface area contributed by atoms with Gasteiger partial charge in [0.2, 0.25) is 5.16 Å². The van der Waals surface area contributed by atoms with Crippen LogP contribution in [0, 0.1) is 6.92 Å². The first-order valence-corrected chi connectivity index (χ1v) is 8.93. The number of aryl methyl sites for hydroxylation is 1. The van der Waals surface area contributed by atoms with Crippen LogP contribution >= 0.6 is 11.8 Å². The van der Waals surface area contributed by atoms with E-state index >= 15 is 0 Å². The molecule has 3 aromatic rings. The van der Waals surface area contributed by atoms with Crippen molar-refractivity contribution in [3.05, 3.63) is 65.7 Å². The van der Waals surface area contributed by atoms with E-state index in [0.717, 1.165) is 11.1 Å². The van der Waals surface area contributed by atoms with Crippen LogP contribution in [0.25, 0.3) is 11.4 Å². The lowest BCUT2D eigenvalue weighted by atomic mass is 10.1. The van der Waals surface area contributed by atoms with Crippen molar-refractivity contribution >= 4 is 17.7 Å². The zero-order valence-corrected chi connectivity index (χ0v) is 14.9. The van der Waals surface area contributed by atoms with E-state index in [1.165, 1.54) is 17.3 Å². The fourth-order valence-electron chi connectivity index (χ4n) is 2.34. The van der Waals surface area contributed by atoms with Crippen LogP contribution in [0.1, 0.15) is 23.3 Å². The zero-order valence-electron chi connectivity index (χ0n) is 14.1. The van der Waals surface area contributed by atoms with Crippen molar-refractivity contribution in [1.29, 1.82) is 0 Å².